The van der Waals surface area contributed by atoms with Crippen molar-refractivity contribution >= 4 is 12.0 Å². The van der Waals surface area contributed by atoms with Gasteiger partial charge in [-0.15, -0.1) is 0 Å². The molecule has 36 heavy (non-hydrogen) atoms. The number of nitrogens with zero attached hydrogens (tertiary/aromatic N) is 1. The third-order valence-corrected chi connectivity index (χ3v) is 8.38. The number of nitrogens with one attached hydrogen (secondary N) is 1. The molecule has 3 fully saturated rings. The Balaban J connectivity index is 1.35. The van der Waals surface area contributed by atoms with Gasteiger partial charge in [-0.05, 0) is 59.8 Å². The lowest BCUT2D eigenvalue weighted by Crippen LogP contribution is -2.52. The van der Waals surface area contributed by atoms with Crippen LogP contribution >= 0.6 is 0 Å². The number of rotatable bonds is 6. The van der Waals surface area contributed by atoms with E-state index in [1.165, 1.54) is 0 Å². The van der Waals surface area contributed by atoms with E-state index in [4.69, 9.17) is 9.47 Å². The van der Waals surface area contributed by atoms with Crippen LogP contribution in [0.3, 0.4) is 0 Å². The highest BCUT2D eigenvalue weighted by Gasteiger charge is 2.63. The molecule has 3 unspecified atom stereocenters. The van der Waals surface area contributed by atoms with Crippen molar-refractivity contribution in [2.75, 3.05) is 20.8 Å². The number of benzene rings is 2. The van der Waals surface area contributed by atoms with E-state index in [2.05, 4.69) is 26.1 Å². The van der Waals surface area contributed by atoms with Crippen LogP contribution in [0.2, 0.25) is 0 Å². The zero-order valence-corrected chi connectivity index (χ0v) is 21.8. The van der Waals surface area contributed by atoms with E-state index < -0.39 is 11.5 Å². The first-order valence-corrected chi connectivity index (χ1v) is 12.6. The summed E-state index contributed by atoms with van der Waals surface area (Å²) in [5, 5.41) is 13.1. The number of urea groups is 1. The molecule has 7 heteroatoms. The number of carboxylic acids is 1. The third kappa shape index (κ3) is 4.08. The largest absolute Gasteiger partial charge is 0.496 e. The van der Waals surface area contributed by atoms with Crippen molar-refractivity contribution < 1.29 is 24.2 Å². The SMILES string of the molecule is COc1cccc(OC)c1-c1ccc([C@@H]2CC2(NC(=O)N2CC3(C)CC2CC(C)(C)C3)C(=O)O)cc1. The highest BCUT2D eigenvalue weighted by Crippen LogP contribution is 2.55. The molecule has 0 radical (unpaired) electrons. The Kier molecular flexibility index (Phi) is 5.73. The second-order valence-electron chi connectivity index (χ2n) is 12.0. The molecule has 5 rings (SSSR count). The normalized spacial score (nSPS) is 30.0. The Bertz CT molecular complexity index is 1170. The molecule has 1 saturated heterocycles. The van der Waals surface area contributed by atoms with Crippen molar-refractivity contribution in [2.24, 2.45) is 10.8 Å². The van der Waals surface area contributed by atoms with Gasteiger partial charge in [0.1, 0.15) is 17.0 Å². The van der Waals surface area contributed by atoms with Gasteiger partial charge < -0.3 is 24.8 Å². The lowest BCUT2D eigenvalue weighted by molar-refractivity contribution is -0.140. The molecular weight excluding hydrogens is 456 g/mol. The van der Waals surface area contributed by atoms with Crippen LogP contribution in [0.5, 0.6) is 11.5 Å². The van der Waals surface area contributed by atoms with Crippen LogP contribution < -0.4 is 14.8 Å². The summed E-state index contributed by atoms with van der Waals surface area (Å²) in [7, 11) is 3.24. The van der Waals surface area contributed by atoms with Crippen LogP contribution in [0.15, 0.2) is 42.5 Å². The second-order valence-corrected chi connectivity index (χ2v) is 12.0. The fraction of sp³-hybridized carbons (Fsp3) is 0.517. The van der Waals surface area contributed by atoms with E-state index in [9.17, 15) is 14.7 Å². The molecule has 2 amide bonds. The zero-order valence-electron chi connectivity index (χ0n) is 21.8. The summed E-state index contributed by atoms with van der Waals surface area (Å²) < 4.78 is 11.1. The van der Waals surface area contributed by atoms with Gasteiger partial charge in [0.25, 0.3) is 0 Å². The summed E-state index contributed by atoms with van der Waals surface area (Å²) in [6, 6.07) is 13.3. The van der Waals surface area contributed by atoms with Gasteiger partial charge in [-0.1, -0.05) is 51.1 Å². The van der Waals surface area contributed by atoms with Crippen LogP contribution in [-0.2, 0) is 4.79 Å². The lowest BCUT2D eigenvalue weighted by atomic mass is 9.65. The van der Waals surface area contributed by atoms with E-state index in [0.29, 0.717) is 24.5 Å². The Morgan fingerprint density at radius 3 is 2.19 bits per heavy atom. The molecule has 2 saturated carbocycles. The third-order valence-electron chi connectivity index (χ3n) is 8.38. The van der Waals surface area contributed by atoms with Crippen molar-refractivity contribution in [1.29, 1.82) is 0 Å². The minimum atomic E-state index is -1.27. The maximum absolute atomic E-state index is 13.4. The predicted molar refractivity (Wildman–Crippen MR) is 137 cm³/mol. The van der Waals surface area contributed by atoms with Crippen LogP contribution in [-0.4, -0.2) is 54.4 Å². The van der Waals surface area contributed by atoms with Crippen LogP contribution in [0, 0.1) is 10.8 Å². The molecule has 7 nitrogen and oxygen atoms in total. The summed E-state index contributed by atoms with van der Waals surface area (Å²) in [5.74, 6) is 0.147. The number of ether oxygens (including phenoxy) is 2. The number of likely N-dealkylation sites (tertiary alicyclic amines) is 1. The Hall–Kier alpha value is -3.22. The number of fused-ring (bicyclic) bond motifs is 2. The fourth-order valence-corrected chi connectivity index (χ4v) is 7.07. The predicted octanol–water partition coefficient (Wildman–Crippen LogP) is 5.29. The highest BCUT2D eigenvalue weighted by atomic mass is 16.5. The first kappa shape index (κ1) is 24.5. The standard InChI is InChI=1S/C29H36N2O5/c1-27(2)13-20-14-28(3,16-27)17-31(20)26(34)30-29(25(32)33)15-21(29)18-9-11-19(12-10-18)24-22(35-4)7-6-8-23(24)36-5/h6-12,20-21H,13-17H2,1-5H3,(H,30,34)(H,32,33)/t20?,21-,28?,29?/m0/s1. The van der Waals surface area contributed by atoms with E-state index in [0.717, 1.165) is 36.0 Å². The minimum Gasteiger partial charge on any atom is -0.496 e. The Morgan fingerprint density at radius 1 is 0.972 bits per heavy atom. The quantitative estimate of drug-likeness (QED) is 0.572. The van der Waals surface area contributed by atoms with E-state index >= 15 is 0 Å². The van der Waals surface area contributed by atoms with Gasteiger partial charge in [0.05, 0.1) is 19.8 Å². The number of methoxy groups -OCH3 is 2. The first-order chi connectivity index (χ1) is 17.0. The van der Waals surface area contributed by atoms with Gasteiger partial charge in [-0.25, -0.2) is 9.59 Å². The molecule has 2 aromatic rings. The zero-order chi connectivity index (χ0) is 25.9. The van der Waals surface area contributed by atoms with Gasteiger partial charge >= 0.3 is 12.0 Å². The number of amides is 2. The van der Waals surface area contributed by atoms with Gasteiger partial charge in [-0.2, -0.15) is 0 Å². The van der Waals surface area contributed by atoms with Crippen molar-refractivity contribution in [3.63, 3.8) is 0 Å². The minimum absolute atomic E-state index is 0.0957. The molecule has 2 aliphatic carbocycles. The summed E-state index contributed by atoms with van der Waals surface area (Å²) in [6.07, 6.45) is 3.40. The molecule has 2 bridgehead atoms. The van der Waals surface area contributed by atoms with E-state index in [1.807, 2.05) is 47.4 Å². The molecule has 0 aromatic heterocycles. The average Bonchev–Trinajstić information content (AvgIpc) is 3.49. The molecule has 4 atom stereocenters. The summed E-state index contributed by atoms with van der Waals surface area (Å²) in [6.45, 7) is 7.46. The number of carboxylic acid groups (broad SMARTS) is 1. The van der Waals surface area contributed by atoms with Crippen LogP contribution in [0.1, 0.15) is 57.9 Å². The van der Waals surface area contributed by atoms with Crippen molar-refractivity contribution in [3.05, 3.63) is 48.0 Å². The number of hydrogen-bond donors (Lipinski definition) is 2. The molecule has 192 valence electrons. The average molecular weight is 493 g/mol. The molecule has 2 aromatic carbocycles. The molecule has 3 aliphatic rings. The van der Waals surface area contributed by atoms with E-state index in [1.54, 1.807) is 14.2 Å². The van der Waals surface area contributed by atoms with Crippen LogP contribution in [0.25, 0.3) is 11.1 Å². The maximum atomic E-state index is 13.4. The fourth-order valence-electron chi connectivity index (χ4n) is 7.07. The summed E-state index contributed by atoms with van der Waals surface area (Å²) in [5.41, 5.74) is 1.67. The monoisotopic (exact) mass is 492 g/mol. The van der Waals surface area contributed by atoms with Gasteiger partial charge in [0.15, 0.2) is 0 Å². The maximum Gasteiger partial charge on any atom is 0.330 e. The van der Waals surface area contributed by atoms with Gasteiger partial charge in [0.2, 0.25) is 0 Å². The molecule has 0 spiro atoms. The highest BCUT2D eigenvalue weighted by molar-refractivity contribution is 5.91. The first-order valence-electron chi connectivity index (χ1n) is 12.6. The van der Waals surface area contributed by atoms with Crippen molar-refractivity contribution in [1.82, 2.24) is 10.2 Å². The smallest absolute Gasteiger partial charge is 0.330 e. The number of carbonyl (C=O) groups is 2. The molecular formula is C29H36N2O5. The van der Waals surface area contributed by atoms with Gasteiger partial charge in [-0.3, -0.25) is 0 Å². The second kappa shape index (κ2) is 8.43. The molecule has 2 N–H and O–H groups in total. The van der Waals surface area contributed by atoms with Gasteiger partial charge in [0, 0.05) is 18.5 Å². The molecule has 1 heterocycles. The Morgan fingerprint density at radius 2 is 1.61 bits per heavy atom. The van der Waals surface area contributed by atoms with Crippen molar-refractivity contribution in [2.45, 2.75) is 64.0 Å². The molecule has 1 aliphatic heterocycles. The Labute approximate surface area is 212 Å². The van der Waals surface area contributed by atoms with Crippen LogP contribution in [0.4, 0.5) is 4.79 Å². The van der Waals surface area contributed by atoms with E-state index in [-0.39, 0.29) is 28.8 Å². The summed E-state index contributed by atoms with van der Waals surface area (Å²) in [4.78, 5) is 27.7. The summed E-state index contributed by atoms with van der Waals surface area (Å²) >= 11 is 0. The lowest BCUT2D eigenvalue weighted by Gasteiger charge is -2.39. The number of aliphatic carboxylic acids is 1. The topological polar surface area (TPSA) is 88.1 Å². The number of hydrogen-bond acceptors (Lipinski definition) is 4. The van der Waals surface area contributed by atoms with Crippen molar-refractivity contribution in [3.8, 4) is 22.6 Å². The number of carbonyl (C=O) groups excluding carboxylic acids is 1.